The predicted octanol–water partition coefficient (Wildman–Crippen LogP) is 2.22. The molecule has 1 spiro atoms. The highest BCUT2D eigenvalue weighted by molar-refractivity contribution is 8.93. The van der Waals surface area contributed by atoms with E-state index in [1.165, 1.54) is 6.42 Å². The summed E-state index contributed by atoms with van der Waals surface area (Å²) in [6.07, 6.45) is 11.1. The van der Waals surface area contributed by atoms with Gasteiger partial charge < -0.3 is 20.2 Å². The Labute approximate surface area is 153 Å². The van der Waals surface area contributed by atoms with Crippen LogP contribution in [0.25, 0.3) is 0 Å². The summed E-state index contributed by atoms with van der Waals surface area (Å²) in [5, 5.41) is 4.05. The van der Waals surface area contributed by atoms with Crippen molar-refractivity contribution >= 4 is 22.7 Å². The highest BCUT2D eigenvalue weighted by atomic mass is 79.9. The molecule has 0 aromatic carbocycles. The number of hydrogen-bond donors (Lipinski definition) is 1. The SMILES string of the molecule is Br.COC1=C2O[C@H]3C(=NN)C=C[C@H]4[C@H]5CC(C=C1)C2[C@@]34CCN5C. The van der Waals surface area contributed by atoms with Gasteiger partial charge in [0.25, 0.3) is 0 Å². The maximum absolute atomic E-state index is 6.49. The number of methoxy groups -OCH3 is 1. The highest BCUT2D eigenvalue weighted by Crippen LogP contribution is 2.66. The van der Waals surface area contributed by atoms with Crippen LogP contribution >= 0.6 is 17.0 Å². The average molecular weight is 394 g/mol. The molecule has 2 N–H and O–H groups in total. The standard InChI is InChI=1S/C18H23N3O2.BrH/c1-21-8-7-18-11-4-5-12(20-19)17(18)23-16-14(22-2)6-3-10(15(16)18)9-13(11)21;/h3-6,10-11,13,15,17H,7-9,19H2,1-2H3;1H/t10?,11-,13+,15?,17-,18-;/m0./s1. The van der Waals surface area contributed by atoms with Gasteiger partial charge in [-0.3, -0.25) is 0 Å². The van der Waals surface area contributed by atoms with Crippen LogP contribution in [0, 0.1) is 23.2 Å². The number of halogens is 1. The fourth-order valence-electron chi connectivity index (χ4n) is 5.96. The van der Waals surface area contributed by atoms with E-state index in [-0.39, 0.29) is 28.5 Å². The molecule has 3 aliphatic carbocycles. The molecule has 0 amide bonds. The van der Waals surface area contributed by atoms with Crippen LogP contribution in [0.1, 0.15) is 12.8 Å². The van der Waals surface area contributed by atoms with E-state index in [0.29, 0.717) is 23.8 Å². The van der Waals surface area contributed by atoms with Crippen molar-refractivity contribution < 1.29 is 9.47 Å². The maximum Gasteiger partial charge on any atom is 0.156 e. The molecule has 5 nitrogen and oxygen atoms in total. The van der Waals surface area contributed by atoms with Crippen molar-refractivity contribution in [3.05, 3.63) is 35.8 Å². The third-order valence-corrected chi connectivity index (χ3v) is 6.88. The Morgan fingerprint density at radius 3 is 2.96 bits per heavy atom. The van der Waals surface area contributed by atoms with Crippen molar-refractivity contribution in [3.8, 4) is 0 Å². The Morgan fingerprint density at radius 1 is 1.38 bits per heavy atom. The lowest BCUT2D eigenvalue weighted by Crippen LogP contribution is -2.64. The lowest BCUT2D eigenvalue weighted by molar-refractivity contribution is -0.0758. The van der Waals surface area contributed by atoms with Gasteiger partial charge in [0.1, 0.15) is 17.6 Å². The molecule has 2 unspecified atom stereocenters. The Morgan fingerprint density at radius 2 is 2.21 bits per heavy atom. The van der Waals surface area contributed by atoms with Crippen molar-refractivity contribution in [1.29, 1.82) is 0 Å². The Kier molecular flexibility index (Phi) is 3.62. The molecule has 6 atom stereocenters. The van der Waals surface area contributed by atoms with Crippen LogP contribution in [0.4, 0.5) is 0 Å². The topological polar surface area (TPSA) is 60.1 Å². The number of piperidine rings is 1. The molecule has 5 rings (SSSR count). The van der Waals surface area contributed by atoms with Gasteiger partial charge in [0.15, 0.2) is 5.76 Å². The van der Waals surface area contributed by atoms with Gasteiger partial charge >= 0.3 is 0 Å². The molecule has 24 heavy (non-hydrogen) atoms. The zero-order chi connectivity index (χ0) is 15.8. The molecule has 1 saturated carbocycles. The van der Waals surface area contributed by atoms with E-state index in [4.69, 9.17) is 15.3 Å². The highest BCUT2D eigenvalue weighted by Gasteiger charge is 2.69. The van der Waals surface area contributed by atoms with E-state index in [1.807, 2.05) is 0 Å². The molecule has 0 radical (unpaired) electrons. The fraction of sp³-hybridized carbons (Fsp3) is 0.611. The minimum atomic E-state index is -0.0356. The summed E-state index contributed by atoms with van der Waals surface area (Å²) in [5.74, 6) is 9.01. The second kappa shape index (κ2) is 5.36. The first-order valence-electron chi connectivity index (χ1n) is 8.50. The molecule has 5 aliphatic rings. The monoisotopic (exact) mass is 393 g/mol. The lowest BCUT2D eigenvalue weighted by Gasteiger charge is -2.59. The van der Waals surface area contributed by atoms with Gasteiger partial charge in [-0.15, -0.1) is 17.0 Å². The van der Waals surface area contributed by atoms with Crippen LogP contribution in [0.3, 0.4) is 0 Å². The maximum atomic E-state index is 6.49. The van der Waals surface area contributed by atoms with E-state index in [0.717, 1.165) is 30.2 Å². The van der Waals surface area contributed by atoms with Crippen molar-refractivity contribution in [1.82, 2.24) is 4.90 Å². The van der Waals surface area contributed by atoms with Crippen LogP contribution in [-0.2, 0) is 9.47 Å². The molecule has 0 aromatic heterocycles. The van der Waals surface area contributed by atoms with Crippen LogP contribution in [0.2, 0.25) is 0 Å². The summed E-state index contributed by atoms with van der Waals surface area (Å²) < 4.78 is 12.1. The number of hydrogen-bond acceptors (Lipinski definition) is 5. The average Bonchev–Trinajstić information content (AvgIpc) is 2.92. The molecule has 130 valence electrons. The van der Waals surface area contributed by atoms with Gasteiger partial charge in [-0.05, 0) is 44.5 Å². The number of ether oxygens (including phenoxy) is 2. The van der Waals surface area contributed by atoms with Crippen molar-refractivity contribution in [3.63, 3.8) is 0 Å². The van der Waals surface area contributed by atoms with Crippen molar-refractivity contribution in [2.45, 2.75) is 25.0 Å². The Bertz CT molecular complexity index is 686. The fourth-order valence-corrected chi connectivity index (χ4v) is 5.96. The summed E-state index contributed by atoms with van der Waals surface area (Å²) >= 11 is 0. The third-order valence-electron chi connectivity index (χ3n) is 6.88. The third kappa shape index (κ3) is 1.71. The van der Waals surface area contributed by atoms with Gasteiger partial charge in [0, 0.05) is 23.3 Å². The van der Waals surface area contributed by atoms with E-state index < -0.39 is 0 Å². The summed E-state index contributed by atoms with van der Waals surface area (Å²) in [4.78, 5) is 2.53. The van der Waals surface area contributed by atoms with E-state index >= 15 is 0 Å². The smallest absolute Gasteiger partial charge is 0.156 e. The van der Waals surface area contributed by atoms with Gasteiger partial charge in [-0.1, -0.05) is 12.2 Å². The van der Waals surface area contributed by atoms with E-state index in [9.17, 15) is 0 Å². The minimum absolute atomic E-state index is 0. The normalized spacial score (nSPS) is 46.4. The first kappa shape index (κ1) is 16.2. The molecule has 6 heteroatoms. The zero-order valence-electron chi connectivity index (χ0n) is 14.0. The Balaban J connectivity index is 0.00000146. The summed E-state index contributed by atoms with van der Waals surface area (Å²) in [7, 11) is 3.98. The van der Waals surface area contributed by atoms with Gasteiger partial charge in [-0.25, -0.2) is 0 Å². The quantitative estimate of drug-likeness (QED) is 0.547. The van der Waals surface area contributed by atoms with Gasteiger partial charge in [0.05, 0.1) is 7.11 Å². The first-order chi connectivity index (χ1) is 11.2. The van der Waals surface area contributed by atoms with Crippen molar-refractivity contribution in [2.75, 3.05) is 20.7 Å². The predicted molar refractivity (Wildman–Crippen MR) is 97.7 cm³/mol. The first-order valence-corrected chi connectivity index (χ1v) is 8.50. The molecule has 2 saturated heterocycles. The molecule has 2 bridgehead atoms. The van der Waals surface area contributed by atoms with Crippen molar-refractivity contribution in [2.24, 2.45) is 34.1 Å². The van der Waals surface area contributed by atoms with Crippen LogP contribution in [-0.4, -0.2) is 43.5 Å². The second-order valence-electron chi connectivity index (χ2n) is 7.52. The molecule has 0 aromatic rings. The number of allylic oxidation sites excluding steroid dienone is 3. The largest absolute Gasteiger partial charge is 0.493 e. The molecular weight excluding hydrogens is 370 g/mol. The Hall–Kier alpha value is -1.27. The molecule has 3 fully saturated rings. The second-order valence-corrected chi connectivity index (χ2v) is 7.52. The minimum Gasteiger partial charge on any atom is -0.493 e. The molecule has 2 heterocycles. The van der Waals surface area contributed by atoms with Gasteiger partial charge in [-0.2, -0.15) is 5.10 Å². The summed E-state index contributed by atoms with van der Waals surface area (Å²) in [6, 6.07) is 0.569. The van der Waals surface area contributed by atoms with Crippen LogP contribution in [0.15, 0.2) is 40.9 Å². The van der Waals surface area contributed by atoms with E-state index in [1.54, 1.807) is 7.11 Å². The summed E-state index contributed by atoms with van der Waals surface area (Å²) in [5.41, 5.74) is 0.958. The van der Waals surface area contributed by atoms with E-state index in [2.05, 4.69) is 41.4 Å². The number of likely N-dealkylation sites (tertiary alicyclic amines) is 1. The molecule has 2 aliphatic heterocycles. The zero-order valence-corrected chi connectivity index (χ0v) is 15.7. The van der Waals surface area contributed by atoms with Gasteiger partial charge in [0.2, 0.25) is 0 Å². The van der Waals surface area contributed by atoms with Crippen LogP contribution in [0.5, 0.6) is 0 Å². The number of nitrogens with two attached hydrogens (primary N) is 1. The molecular formula is C18H24BrN3O2. The lowest BCUT2D eigenvalue weighted by atomic mass is 9.48. The van der Waals surface area contributed by atoms with Crippen LogP contribution < -0.4 is 5.84 Å². The number of rotatable bonds is 1. The summed E-state index contributed by atoms with van der Waals surface area (Å²) in [6.45, 7) is 1.11. The number of hydrazone groups is 1. The number of nitrogens with zero attached hydrogens (tertiary/aromatic N) is 2.